The zero-order valence-corrected chi connectivity index (χ0v) is 22.4. The molecule has 0 aliphatic heterocycles. The summed E-state index contributed by atoms with van der Waals surface area (Å²) in [5, 5.41) is 8.71. The standard InChI is InChI=1S/C29H36ClN2OP/c1-21-8-9-26(16-22(21)2)17-29(27-6-4-7-28(30)18-27)23(3)32-33-20-25-12-10-24(11-13-25)19-31-14-5-15-34/h4,6-13,16,18,29,31H,5,14-15,17,19-20,34H2,1-3H3. The molecule has 2 atom stereocenters. The SMILES string of the molecule is CC(=NOCc1ccc(CNCCCP)cc1)C(Cc1ccc(C)c(C)c1)c1cccc(Cl)c1. The first-order chi connectivity index (χ1) is 16.5. The van der Waals surface area contributed by atoms with Crippen LogP contribution in [0.3, 0.4) is 0 Å². The Hall–Kier alpha value is -2.19. The lowest BCUT2D eigenvalue weighted by atomic mass is 9.88. The number of oxime groups is 1. The molecule has 5 heteroatoms. The van der Waals surface area contributed by atoms with Crippen molar-refractivity contribution in [3.63, 3.8) is 0 Å². The smallest absolute Gasteiger partial charge is 0.142 e. The van der Waals surface area contributed by atoms with Gasteiger partial charge in [0.05, 0.1) is 5.71 Å². The lowest BCUT2D eigenvalue weighted by Crippen LogP contribution is -2.14. The topological polar surface area (TPSA) is 33.6 Å². The van der Waals surface area contributed by atoms with Gasteiger partial charge in [-0.2, -0.15) is 0 Å². The van der Waals surface area contributed by atoms with Crippen molar-refractivity contribution in [2.75, 3.05) is 12.7 Å². The molecule has 0 spiro atoms. The van der Waals surface area contributed by atoms with E-state index in [2.05, 4.69) is 82.1 Å². The minimum absolute atomic E-state index is 0.0933. The largest absolute Gasteiger partial charge is 0.391 e. The van der Waals surface area contributed by atoms with Crippen LogP contribution in [0.25, 0.3) is 0 Å². The molecule has 180 valence electrons. The summed E-state index contributed by atoms with van der Waals surface area (Å²) in [5.74, 6) is 0.0933. The zero-order valence-electron chi connectivity index (χ0n) is 20.5. The molecule has 3 aromatic carbocycles. The van der Waals surface area contributed by atoms with Crippen LogP contribution in [0.15, 0.2) is 71.9 Å². The van der Waals surface area contributed by atoms with Crippen molar-refractivity contribution in [2.45, 2.75) is 52.7 Å². The molecule has 1 N–H and O–H groups in total. The summed E-state index contributed by atoms with van der Waals surface area (Å²) in [5.41, 5.74) is 8.36. The lowest BCUT2D eigenvalue weighted by Gasteiger charge is -2.18. The molecule has 0 aromatic heterocycles. The lowest BCUT2D eigenvalue weighted by molar-refractivity contribution is 0.129. The second kappa shape index (κ2) is 13.6. The van der Waals surface area contributed by atoms with Gasteiger partial charge in [-0.1, -0.05) is 71.4 Å². The van der Waals surface area contributed by atoms with Crippen molar-refractivity contribution in [1.82, 2.24) is 5.32 Å². The molecular weight excluding hydrogens is 459 g/mol. The van der Waals surface area contributed by atoms with Crippen LogP contribution >= 0.6 is 20.8 Å². The molecule has 0 fully saturated rings. The third kappa shape index (κ3) is 8.24. The van der Waals surface area contributed by atoms with E-state index in [9.17, 15) is 0 Å². The first kappa shape index (κ1) is 26.4. The number of aryl methyl sites for hydroxylation is 2. The van der Waals surface area contributed by atoms with Gasteiger partial charge in [-0.25, -0.2) is 0 Å². The molecule has 34 heavy (non-hydrogen) atoms. The normalized spacial score (nSPS) is 12.6. The Labute approximate surface area is 212 Å². The summed E-state index contributed by atoms with van der Waals surface area (Å²) in [6.45, 7) is 8.72. The van der Waals surface area contributed by atoms with Crippen LogP contribution in [0.4, 0.5) is 0 Å². The van der Waals surface area contributed by atoms with E-state index >= 15 is 0 Å². The number of hydrogen-bond donors (Lipinski definition) is 1. The first-order valence-corrected chi connectivity index (χ1v) is 13.1. The fourth-order valence-corrected chi connectivity index (χ4v) is 4.28. The van der Waals surface area contributed by atoms with Gasteiger partial charge in [0.15, 0.2) is 0 Å². The highest BCUT2D eigenvalue weighted by atomic mass is 35.5. The molecule has 0 amide bonds. The monoisotopic (exact) mass is 494 g/mol. The van der Waals surface area contributed by atoms with E-state index in [0.717, 1.165) is 47.5 Å². The molecule has 3 aromatic rings. The Morgan fingerprint density at radius 1 is 0.971 bits per heavy atom. The Morgan fingerprint density at radius 3 is 2.41 bits per heavy atom. The van der Waals surface area contributed by atoms with E-state index in [1.54, 1.807) is 0 Å². The minimum atomic E-state index is 0.0933. The molecular formula is C29H36ClN2OP. The van der Waals surface area contributed by atoms with Gasteiger partial charge in [-0.15, -0.1) is 9.24 Å². The Kier molecular flexibility index (Phi) is 10.6. The van der Waals surface area contributed by atoms with Crippen molar-refractivity contribution in [1.29, 1.82) is 0 Å². The quantitative estimate of drug-likeness (QED) is 0.125. The molecule has 3 rings (SSSR count). The third-order valence-corrected chi connectivity index (χ3v) is 6.76. The summed E-state index contributed by atoms with van der Waals surface area (Å²) < 4.78 is 0. The van der Waals surface area contributed by atoms with Gasteiger partial charge in [0.25, 0.3) is 0 Å². The molecule has 0 aliphatic carbocycles. The van der Waals surface area contributed by atoms with Gasteiger partial charge in [-0.3, -0.25) is 0 Å². The van der Waals surface area contributed by atoms with Gasteiger partial charge >= 0.3 is 0 Å². The molecule has 0 saturated heterocycles. The van der Waals surface area contributed by atoms with Gasteiger partial charge in [0.1, 0.15) is 6.61 Å². The average molecular weight is 495 g/mol. The van der Waals surface area contributed by atoms with E-state index in [1.165, 1.54) is 28.7 Å². The summed E-state index contributed by atoms with van der Waals surface area (Å²) >= 11 is 6.31. The number of hydrogen-bond acceptors (Lipinski definition) is 3. The van der Waals surface area contributed by atoms with Crippen LogP contribution in [0.2, 0.25) is 5.02 Å². The molecule has 0 bridgehead atoms. The van der Waals surface area contributed by atoms with Crippen LogP contribution < -0.4 is 5.32 Å². The second-order valence-electron chi connectivity index (χ2n) is 8.87. The number of nitrogens with zero attached hydrogens (tertiary/aromatic N) is 1. The third-order valence-electron chi connectivity index (χ3n) is 6.12. The van der Waals surface area contributed by atoms with Crippen LogP contribution in [0.1, 0.15) is 52.6 Å². The minimum Gasteiger partial charge on any atom is -0.391 e. The number of benzene rings is 3. The van der Waals surface area contributed by atoms with Crippen LogP contribution in [0.5, 0.6) is 0 Å². The number of rotatable bonds is 12. The summed E-state index contributed by atoms with van der Waals surface area (Å²) in [6, 6.07) is 23.2. The fourth-order valence-electron chi connectivity index (χ4n) is 3.88. The fraction of sp³-hybridized carbons (Fsp3) is 0.345. The van der Waals surface area contributed by atoms with Gasteiger partial charge in [0, 0.05) is 17.5 Å². The predicted octanol–water partition coefficient (Wildman–Crippen LogP) is 7.23. The molecule has 3 nitrogen and oxygen atoms in total. The van der Waals surface area contributed by atoms with Crippen molar-refractivity contribution in [3.8, 4) is 0 Å². The molecule has 0 heterocycles. The summed E-state index contributed by atoms with van der Waals surface area (Å²) in [7, 11) is 2.76. The maximum atomic E-state index is 6.31. The maximum Gasteiger partial charge on any atom is 0.142 e. The van der Waals surface area contributed by atoms with E-state index in [0.29, 0.717) is 6.61 Å². The van der Waals surface area contributed by atoms with Crippen molar-refractivity contribution >= 4 is 26.6 Å². The van der Waals surface area contributed by atoms with Crippen molar-refractivity contribution < 1.29 is 4.84 Å². The first-order valence-electron chi connectivity index (χ1n) is 11.9. The molecule has 2 unspecified atom stereocenters. The Bertz CT molecular complexity index is 1080. The number of nitrogens with one attached hydrogen (secondary N) is 1. The van der Waals surface area contributed by atoms with E-state index in [4.69, 9.17) is 16.4 Å². The molecule has 0 radical (unpaired) electrons. The highest BCUT2D eigenvalue weighted by molar-refractivity contribution is 7.16. The Morgan fingerprint density at radius 2 is 1.71 bits per heavy atom. The molecule has 0 saturated carbocycles. The highest BCUT2D eigenvalue weighted by Gasteiger charge is 2.17. The van der Waals surface area contributed by atoms with E-state index < -0.39 is 0 Å². The zero-order chi connectivity index (χ0) is 24.3. The van der Waals surface area contributed by atoms with E-state index in [-0.39, 0.29) is 5.92 Å². The predicted molar refractivity (Wildman–Crippen MR) is 149 cm³/mol. The van der Waals surface area contributed by atoms with Gasteiger partial charge in [-0.05, 0) is 91.8 Å². The summed E-state index contributed by atoms with van der Waals surface area (Å²) in [4.78, 5) is 5.78. The number of halogens is 1. The Balaban J connectivity index is 1.66. The maximum absolute atomic E-state index is 6.31. The summed E-state index contributed by atoms with van der Waals surface area (Å²) in [6.07, 6.45) is 3.15. The van der Waals surface area contributed by atoms with Crippen LogP contribution in [-0.2, 0) is 24.4 Å². The van der Waals surface area contributed by atoms with Gasteiger partial charge < -0.3 is 10.2 Å². The molecule has 0 aliphatic rings. The van der Waals surface area contributed by atoms with Crippen LogP contribution in [-0.4, -0.2) is 18.4 Å². The highest BCUT2D eigenvalue weighted by Crippen LogP contribution is 2.26. The average Bonchev–Trinajstić information content (AvgIpc) is 2.83. The van der Waals surface area contributed by atoms with Gasteiger partial charge in [0.2, 0.25) is 0 Å². The van der Waals surface area contributed by atoms with Crippen molar-refractivity contribution in [3.05, 3.63) is 105 Å². The van der Waals surface area contributed by atoms with Crippen LogP contribution in [0, 0.1) is 13.8 Å². The van der Waals surface area contributed by atoms with Crippen molar-refractivity contribution in [2.24, 2.45) is 5.16 Å². The van der Waals surface area contributed by atoms with E-state index in [1.807, 2.05) is 25.1 Å². The second-order valence-corrected chi connectivity index (χ2v) is 9.89.